The van der Waals surface area contributed by atoms with Crippen molar-refractivity contribution in [1.29, 1.82) is 5.26 Å². The molecule has 0 aliphatic heterocycles. The summed E-state index contributed by atoms with van der Waals surface area (Å²) in [7, 11) is 0. The van der Waals surface area contributed by atoms with Gasteiger partial charge in [-0.05, 0) is 24.1 Å². The van der Waals surface area contributed by atoms with Gasteiger partial charge in [-0.15, -0.1) is 0 Å². The van der Waals surface area contributed by atoms with Crippen LogP contribution in [0.5, 0.6) is 0 Å². The van der Waals surface area contributed by atoms with Crippen molar-refractivity contribution in [2.45, 2.75) is 6.42 Å². The van der Waals surface area contributed by atoms with E-state index in [1.165, 1.54) is 11.8 Å². The largest absolute Gasteiger partial charge is 0.350 e. The molecule has 4 heteroatoms. The zero-order chi connectivity index (χ0) is 13.5. The summed E-state index contributed by atoms with van der Waals surface area (Å²) in [6.45, 7) is 0.560. The maximum atomic E-state index is 11.8. The fourth-order valence-electron chi connectivity index (χ4n) is 1.65. The molecule has 0 unspecified atom stereocenters. The van der Waals surface area contributed by atoms with E-state index in [4.69, 9.17) is 5.26 Å². The summed E-state index contributed by atoms with van der Waals surface area (Å²) >= 11 is 0. The van der Waals surface area contributed by atoms with E-state index in [1.807, 2.05) is 36.4 Å². The molecule has 0 aliphatic carbocycles. The number of hydrogen-bond donors (Lipinski definition) is 1. The van der Waals surface area contributed by atoms with Gasteiger partial charge < -0.3 is 5.32 Å². The molecule has 94 valence electrons. The summed E-state index contributed by atoms with van der Waals surface area (Å²) in [5.74, 6) is -0.222. The number of amides is 1. The van der Waals surface area contributed by atoms with Crippen LogP contribution < -0.4 is 5.32 Å². The molecule has 1 heterocycles. The van der Waals surface area contributed by atoms with Crippen LogP contribution in [0.3, 0.4) is 0 Å². The van der Waals surface area contributed by atoms with Gasteiger partial charge in [0.2, 0.25) is 0 Å². The van der Waals surface area contributed by atoms with Crippen LogP contribution in [0.25, 0.3) is 0 Å². The number of rotatable bonds is 4. The molecule has 2 rings (SSSR count). The summed E-state index contributed by atoms with van der Waals surface area (Å²) in [5.41, 5.74) is 1.95. The van der Waals surface area contributed by atoms with Gasteiger partial charge in [-0.1, -0.05) is 30.3 Å². The van der Waals surface area contributed by atoms with Gasteiger partial charge in [0, 0.05) is 12.7 Å². The number of nitriles is 1. The fraction of sp³-hybridized carbons (Fsp3) is 0.133. The number of carbonyl (C=O) groups is 1. The van der Waals surface area contributed by atoms with E-state index in [1.54, 1.807) is 12.1 Å². The van der Waals surface area contributed by atoms with E-state index in [0.717, 1.165) is 6.42 Å². The van der Waals surface area contributed by atoms with Crippen molar-refractivity contribution >= 4 is 5.91 Å². The normalized spacial score (nSPS) is 9.63. The van der Waals surface area contributed by atoms with Gasteiger partial charge in [0.05, 0.1) is 5.56 Å². The topological polar surface area (TPSA) is 65.8 Å². The average Bonchev–Trinajstić information content (AvgIpc) is 2.48. The highest BCUT2D eigenvalue weighted by Gasteiger charge is 2.06. The van der Waals surface area contributed by atoms with Gasteiger partial charge in [0.15, 0.2) is 0 Å². The molecule has 0 bridgehead atoms. The Balaban J connectivity index is 1.86. The lowest BCUT2D eigenvalue weighted by molar-refractivity contribution is 0.0949. The van der Waals surface area contributed by atoms with Crippen LogP contribution in [-0.4, -0.2) is 17.4 Å². The standard InChI is InChI=1S/C15H13N3O/c16-10-13-6-7-14(18-11-13)15(19)17-9-8-12-4-2-1-3-5-12/h1-7,11H,8-9H2,(H,17,19). The number of nitrogens with zero attached hydrogens (tertiary/aromatic N) is 2. The first-order valence-corrected chi connectivity index (χ1v) is 5.98. The van der Waals surface area contributed by atoms with Crippen molar-refractivity contribution in [3.63, 3.8) is 0 Å². The van der Waals surface area contributed by atoms with Crippen molar-refractivity contribution < 1.29 is 4.79 Å². The van der Waals surface area contributed by atoms with Crippen LogP contribution in [0.4, 0.5) is 0 Å². The number of carbonyl (C=O) groups excluding carboxylic acids is 1. The van der Waals surface area contributed by atoms with E-state index in [0.29, 0.717) is 17.8 Å². The lowest BCUT2D eigenvalue weighted by Gasteiger charge is -2.04. The fourth-order valence-corrected chi connectivity index (χ4v) is 1.65. The third-order valence-electron chi connectivity index (χ3n) is 2.67. The predicted molar refractivity (Wildman–Crippen MR) is 71.4 cm³/mol. The highest BCUT2D eigenvalue weighted by atomic mass is 16.1. The van der Waals surface area contributed by atoms with Gasteiger partial charge in [-0.25, -0.2) is 4.98 Å². The first-order valence-electron chi connectivity index (χ1n) is 5.98. The quantitative estimate of drug-likeness (QED) is 0.902. The minimum Gasteiger partial charge on any atom is -0.350 e. The number of benzene rings is 1. The van der Waals surface area contributed by atoms with Gasteiger partial charge in [-0.3, -0.25) is 4.79 Å². The van der Waals surface area contributed by atoms with Gasteiger partial charge >= 0.3 is 0 Å². The monoisotopic (exact) mass is 251 g/mol. The number of pyridine rings is 1. The number of aromatic nitrogens is 1. The SMILES string of the molecule is N#Cc1ccc(C(=O)NCCc2ccccc2)nc1. The van der Waals surface area contributed by atoms with Crippen LogP contribution in [0.1, 0.15) is 21.6 Å². The van der Waals surface area contributed by atoms with Crippen LogP contribution >= 0.6 is 0 Å². The second-order valence-corrected chi connectivity index (χ2v) is 4.04. The molecule has 0 saturated carbocycles. The Morgan fingerprint density at radius 2 is 2.00 bits per heavy atom. The lowest BCUT2D eigenvalue weighted by Crippen LogP contribution is -2.26. The Hall–Kier alpha value is -2.67. The Kier molecular flexibility index (Phi) is 4.25. The Labute approximate surface area is 111 Å². The summed E-state index contributed by atoms with van der Waals surface area (Å²) in [4.78, 5) is 15.7. The first kappa shape index (κ1) is 12.8. The average molecular weight is 251 g/mol. The van der Waals surface area contributed by atoms with E-state index < -0.39 is 0 Å². The molecule has 1 aromatic heterocycles. The smallest absolute Gasteiger partial charge is 0.269 e. The van der Waals surface area contributed by atoms with Crippen LogP contribution in [0.2, 0.25) is 0 Å². The highest BCUT2D eigenvalue weighted by Crippen LogP contribution is 2.00. The molecule has 0 fully saturated rings. The molecular weight excluding hydrogens is 238 g/mol. The highest BCUT2D eigenvalue weighted by molar-refractivity contribution is 5.92. The Bertz CT molecular complexity index is 585. The minimum atomic E-state index is -0.222. The zero-order valence-corrected chi connectivity index (χ0v) is 10.3. The van der Waals surface area contributed by atoms with Crippen LogP contribution in [-0.2, 0) is 6.42 Å². The minimum absolute atomic E-state index is 0.222. The van der Waals surface area contributed by atoms with Crippen molar-refractivity contribution in [3.05, 3.63) is 65.5 Å². The molecule has 4 nitrogen and oxygen atoms in total. The molecule has 2 aromatic rings. The molecule has 0 saturated heterocycles. The zero-order valence-electron chi connectivity index (χ0n) is 10.3. The van der Waals surface area contributed by atoms with Crippen LogP contribution in [0.15, 0.2) is 48.7 Å². The molecule has 1 aromatic carbocycles. The summed E-state index contributed by atoms with van der Waals surface area (Å²) in [5, 5.41) is 11.4. The molecule has 0 aliphatic rings. The first-order chi connectivity index (χ1) is 9.29. The number of hydrogen-bond acceptors (Lipinski definition) is 3. The van der Waals surface area contributed by atoms with Crippen molar-refractivity contribution in [3.8, 4) is 6.07 Å². The Morgan fingerprint density at radius 1 is 1.21 bits per heavy atom. The molecule has 0 atom stereocenters. The van der Waals surface area contributed by atoms with Gasteiger partial charge in [-0.2, -0.15) is 5.26 Å². The molecule has 0 radical (unpaired) electrons. The summed E-state index contributed by atoms with van der Waals surface area (Å²) in [6, 6.07) is 15.0. The Morgan fingerprint density at radius 3 is 2.63 bits per heavy atom. The lowest BCUT2D eigenvalue weighted by atomic mass is 10.1. The maximum Gasteiger partial charge on any atom is 0.269 e. The van der Waals surface area contributed by atoms with E-state index in [9.17, 15) is 4.79 Å². The summed E-state index contributed by atoms with van der Waals surface area (Å²) < 4.78 is 0. The third kappa shape index (κ3) is 3.65. The van der Waals surface area contributed by atoms with Gasteiger partial charge in [0.1, 0.15) is 11.8 Å². The second-order valence-electron chi connectivity index (χ2n) is 4.04. The maximum absolute atomic E-state index is 11.8. The molecule has 19 heavy (non-hydrogen) atoms. The third-order valence-corrected chi connectivity index (χ3v) is 2.67. The molecule has 1 amide bonds. The van der Waals surface area contributed by atoms with E-state index >= 15 is 0 Å². The number of nitrogens with one attached hydrogen (secondary N) is 1. The summed E-state index contributed by atoms with van der Waals surface area (Å²) in [6.07, 6.45) is 2.18. The van der Waals surface area contributed by atoms with Gasteiger partial charge in [0.25, 0.3) is 5.91 Å². The van der Waals surface area contributed by atoms with Crippen LogP contribution in [0, 0.1) is 11.3 Å². The molecule has 1 N–H and O–H groups in total. The van der Waals surface area contributed by atoms with Crippen molar-refractivity contribution in [2.24, 2.45) is 0 Å². The molecular formula is C15H13N3O. The molecule has 0 spiro atoms. The van der Waals surface area contributed by atoms with Crippen molar-refractivity contribution in [1.82, 2.24) is 10.3 Å². The predicted octanol–water partition coefficient (Wildman–Crippen LogP) is 1.93. The van der Waals surface area contributed by atoms with E-state index in [2.05, 4.69) is 10.3 Å². The van der Waals surface area contributed by atoms with E-state index in [-0.39, 0.29) is 5.91 Å². The van der Waals surface area contributed by atoms with Crippen molar-refractivity contribution in [2.75, 3.05) is 6.54 Å². The second kappa shape index (κ2) is 6.31.